The summed E-state index contributed by atoms with van der Waals surface area (Å²) in [5.41, 5.74) is 3.93. The molecule has 0 bridgehead atoms. The van der Waals surface area contributed by atoms with Crippen LogP contribution < -0.4 is 10.0 Å². The van der Waals surface area contributed by atoms with E-state index in [-0.39, 0.29) is 4.90 Å². The van der Waals surface area contributed by atoms with E-state index in [4.69, 9.17) is 0 Å². The molecule has 0 unspecified atom stereocenters. The fraction of sp³-hybridized carbons (Fsp3) is 0.0476. The summed E-state index contributed by atoms with van der Waals surface area (Å²) in [5.74, 6) is 0. The molecular formula is C21H18N4O2S2. The van der Waals surface area contributed by atoms with Gasteiger partial charge in [-0.1, -0.05) is 23.8 Å². The molecule has 0 amide bonds. The van der Waals surface area contributed by atoms with Crippen LogP contribution in [0.15, 0.2) is 83.2 Å². The van der Waals surface area contributed by atoms with Gasteiger partial charge >= 0.3 is 0 Å². The zero-order chi connectivity index (χ0) is 20.3. The molecule has 2 heterocycles. The van der Waals surface area contributed by atoms with Crippen LogP contribution in [0.2, 0.25) is 0 Å². The number of aryl methyl sites for hydroxylation is 1. The molecule has 29 heavy (non-hydrogen) atoms. The highest BCUT2D eigenvalue weighted by Gasteiger charge is 2.13. The van der Waals surface area contributed by atoms with Crippen LogP contribution in [0.25, 0.3) is 11.4 Å². The SMILES string of the molecule is Cc1ccc(S(=O)(=O)Nc2ccc(Nc3nc(-c4ccccn4)cs3)cc2)cc1. The van der Waals surface area contributed by atoms with Crippen molar-refractivity contribution in [2.75, 3.05) is 10.0 Å². The summed E-state index contributed by atoms with van der Waals surface area (Å²) >= 11 is 1.48. The summed E-state index contributed by atoms with van der Waals surface area (Å²) in [6, 6.07) is 19.4. The summed E-state index contributed by atoms with van der Waals surface area (Å²) in [4.78, 5) is 9.07. The lowest BCUT2D eigenvalue weighted by atomic mass is 10.2. The topological polar surface area (TPSA) is 84.0 Å². The van der Waals surface area contributed by atoms with Crippen LogP contribution in [0, 0.1) is 6.92 Å². The largest absolute Gasteiger partial charge is 0.332 e. The molecule has 0 aliphatic heterocycles. The minimum Gasteiger partial charge on any atom is -0.332 e. The molecule has 0 saturated carbocycles. The highest BCUT2D eigenvalue weighted by molar-refractivity contribution is 7.92. The van der Waals surface area contributed by atoms with Crippen molar-refractivity contribution < 1.29 is 8.42 Å². The molecule has 0 aliphatic rings. The van der Waals surface area contributed by atoms with Gasteiger partial charge in [0.2, 0.25) is 0 Å². The van der Waals surface area contributed by atoms with Crippen LogP contribution >= 0.6 is 11.3 Å². The molecule has 0 radical (unpaired) electrons. The third kappa shape index (κ3) is 4.61. The van der Waals surface area contributed by atoms with E-state index in [1.165, 1.54) is 11.3 Å². The summed E-state index contributed by atoms with van der Waals surface area (Å²) < 4.78 is 27.6. The number of rotatable bonds is 6. The Morgan fingerprint density at radius 2 is 1.59 bits per heavy atom. The van der Waals surface area contributed by atoms with Gasteiger partial charge in [-0.3, -0.25) is 9.71 Å². The Morgan fingerprint density at radius 1 is 0.862 bits per heavy atom. The number of sulfonamides is 1. The Hall–Kier alpha value is -3.23. The molecule has 0 saturated heterocycles. The van der Waals surface area contributed by atoms with E-state index in [0.29, 0.717) is 5.69 Å². The maximum atomic E-state index is 12.5. The molecule has 146 valence electrons. The van der Waals surface area contributed by atoms with Crippen LogP contribution in [-0.4, -0.2) is 18.4 Å². The zero-order valence-electron chi connectivity index (χ0n) is 15.5. The van der Waals surface area contributed by atoms with E-state index in [9.17, 15) is 8.42 Å². The van der Waals surface area contributed by atoms with Gasteiger partial charge in [0.1, 0.15) is 5.69 Å². The summed E-state index contributed by atoms with van der Waals surface area (Å²) in [6.45, 7) is 1.91. The first-order valence-corrected chi connectivity index (χ1v) is 11.2. The van der Waals surface area contributed by atoms with Crippen molar-refractivity contribution in [1.29, 1.82) is 0 Å². The Balaban J connectivity index is 1.44. The number of anilines is 3. The van der Waals surface area contributed by atoms with E-state index in [1.54, 1.807) is 54.7 Å². The lowest BCUT2D eigenvalue weighted by molar-refractivity contribution is 0.601. The van der Waals surface area contributed by atoms with E-state index >= 15 is 0 Å². The molecule has 0 atom stereocenters. The quantitative estimate of drug-likeness (QED) is 0.454. The third-order valence-corrected chi connectivity index (χ3v) is 6.31. The van der Waals surface area contributed by atoms with Crippen molar-refractivity contribution in [3.05, 3.63) is 83.9 Å². The van der Waals surface area contributed by atoms with Gasteiger partial charge in [0.15, 0.2) is 5.13 Å². The number of hydrogen-bond acceptors (Lipinski definition) is 6. The summed E-state index contributed by atoms with van der Waals surface area (Å²) in [5, 5.41) is 5.90. The third-order valence-electron chi connectivity index (χ3n) is 4.15. The average Bonchev–Trinajstić information content (AvgIpc) is 3.19. The average molecular weight is 423 g/mol. The Labute approximate surface area is 173 Å². The van der Waals surface area contributed by atoms with E-state index < -0.39 is 10.0 Å². The van der Waals surface area contributed by atoms with Gasteiger partial charge in [-0.15, -0.1) is 11.3 Å². The van der Waals surface area contributed by atoms with Crippen molar-refractivity contribution in [2.45, 2.75) is 11.8 Å². The number of benzene rings is 2. The van der Waals surface area contributed by atoms with Crippen LogP contribution in [-0.2, 0) is 10.0 Å². The van der Waals surface area contributed by atoms with Gasteiger partial charge in [0.05, 0.1) is 10.6 Å². The number of nitrogens with one attached hydrogen (secondary N) is 2. The molecule has 4 rings (SSSR count). The monoisotopic (exact) mass is 422 g/mol. The Bertz CT molecular complexity index is 1200. The molecule has 0 aliphatic carbocycles. The normalized spacial score (nSPS) is 11.2. The van der Waals surface area contributed by atoms with Gasteiger partial charge in [-0.2, -0.15) is 0 Å². The van der Waals surface area contributed by atoms with Crippen LogP contribution in [0.5, 0.6) is 0 Å². The maximum Gasteiger partial charge on any atom is 0.261 e. The molecule has 6 nitrogen and oxygen atoms in total. The van der Waals surface area contributed by atoms with E-state index in [0.717, 1.165) is 27.8 Å². The summed E-state index contributed by atoms with van der Waals surface area (Å²) in [6.07, 6.45) is 1.73. The smallest absolute Gasteiger partial charge is 0.261 e. The van der Waals surface area contributed by atoms with Gasteiger partial charge in [-0.05, 0) is 55.5 Å². The van der Waals surface area contributed by atoms with Crippen LogP contribution in [0.4, 0.5) is 16.5 Å². The van der Waals surface area contributed by atoms with Gasteiger partial charge in [0.25, 0.3) is 10.0 Å². The second-order valence-corrected chi connectivity index (χ2v) is 8.91. The molecule has 2 aromatic carbocycles. The van der Waals surface area contributed by atoms with Crippen molar-refractivity contribution in [3.63, 3.8) is 0 Å². The lowest BCUT2D eigenvalue weighted by Gasteiger charge is -2.09. The first kappa shape index (κ1) is 19.1. The van der Waals surface area contributed by atoms with Gasteiger partial charge in [-0.25, -0.2) is 13.4 Å². The zero-order valence-corrected chi connectivity index (χ0v) is 17.2. The van der Waals surface area contributed by atoms with E-state index in [1.807, 2.05) is 30.5 Å². The molecule has 4 aromatic rings. The van der Waals surface area contributed by atoms with E-state index in [2.05, 4.69) is 20.0 Å². The maximum absolute atomic E-state index is 12.5. The fourth-order valence-electron chi connectivity index (χ4n) is 2.64. The molecule has 2 aromatic heterocycles. The Morgan fingerprint density at radius 3 is 2.28 bits per heavy atom. The van der Waals surface area contributed by atoms with Gasteiger partial charge < -0.3 is 5.32 Å². The molecule has 0 spiro atoms. The number of hydrogen-bond donors (Lipinski definition) is 2. The second-order valence-electron chi connectivity index (χ2n) is 6.37. The van der Waals surface area contributed by atoms with Crippen molar-refractivity contribution in [1.82, 2.24) is 9.97 Å². The highest BCUT2D eigenvalue weighted by atomic mass is 32.2. The number of pyridine rings is 1. The van der Waals surface area contributed by atoms with Crippen LogP contribution in [0.3, 0.4) is 0 Å². The number of nitrogens with zero attached hydrogens (tertiary/aromatic N) is 2. The molecular weight excluding hydrogens is 404 g/mol. The Kier molecular flexibility index (Phi) is 5.28. The molecule has 8 heteroatoms. The molecule has 2 N–H and O–H groups in total. The van der Waals surface area contributed by atoms with Crippen molar-refractivity contribution in [3.8, 4) is 11.4 Å². The van der Waals surface area contributed by atoms with Crippen molar-refractivity contribution in [2.24, 2.45) is 0 Å². The predicted octanol–water partition coefficient (Wildman–Crippen LogP) is 5.06. The van der Waals surface area contributed by atoms with Crippen LogP contribution in [0.1, 0.15) is 5.56 Å². The number of aromatic nitrogens is 2. The first-order valence-electron chi connectivity index (χ1n) is 8.83. The predicted molar refractivity (Wildman–Crippen MR) is 117 cm³/mol. The molecule has 0 fully saturated rings. The first-order chi connectivity index (χ1) is 14.0. The van der Waals surface area contributed by atoms with Gasteiger partial charge in [0, 0.05) is 23.0 Å². The minimum atomic E-state index is -3.62. The number of thiazole rings is 1. The highest BCUT2D eigenvalue weighted by Crippen LogP contribution is 2.27. The minimum absolute atomic E-state index is 0.232. The standard InChI is InChI=1S/C21H18N4O2S2/c1-15-5-11-18(12-6-15)29(26,27)25-17-9-7-16(8-10-17)23-21-24-20(14-28-21)19-4-2-3-13-22-19/h2-14,25H,1H3,(H,23,24). The van der Waals surface area contributed by atoms with Crippen molar-refractivity contribution >= 4 is 37.9 Å². The summed E-state index contributed by atoms with van der Waals surface area (Å²) in [7, 11) is -3.62. The second kappa shape index (κ2) is 8.02. The fourth-order valence-corrected chi connectivity index (χ4v) is 4.42. The lowest BCUT2D eigenvalue weighted by Crippen LogP contribution is -2.12.